The lowest BCUT2D eigenvalue weighted by atomic mass is 10.1. The van der Waals surface area contributed by atoms with Gasteiger partial charge in [0.15, 0.2) is 5.16 Å². The maximum atomic E-state index is 13.3. The molecular weight excluding hydrogens is 456 g/mol. The highest BCUT2D eigenvalue weighted by Crippen LogP contribution is 2.33. The van der Waals surface area contributed by atoms with Crippen molar-refractivity contribution in [1.29, 1.82) is 0 Å². The molecule has 0 fully saturated rings. The fourth-order valence-corrected chi connectivity index (χ4v) is 5.38. The van der Waals surface area contributed by atoms with Crippen molar-refractivity contribution in [2.75, 3.05) is 17.3 Å². The fourth-order valence-electron chi connectivity index (χ4n) is 4.55. The van der Waals surface area contributed by atoms with E-state index in [2.05, 4.69) is 35.3 Å². The van der Waals surface area contributed by atoms with Gasteiger partial charge < -0.3 is 9.64 Å². The van der Waals surface area contributed by atoms with Crippen LogP contribution >= 0.6 is 11.8 Å². The maximum Gasteiger partial charge on any atom is 0.237 e. The number of hydrogen-bond donors (Lipinski definition) is 0. The Balaban J connectivity index is 1.41. The standard InChI is InChI=1S/C28H28N4O2S/c1-3-34-24-15-13-23(14-16-24)32-26(18-21-9-5-4-6-10-21)29-30-28(32)35-19-27(33)31-20(2)17-22-11-7-8-12-25(22)31/h4-16,20H,3,17-19H2,1-2H3. The van der Waals surface area contributed by atoms with E-state index in [4.69, 9.17) is 4.74 Å². The minimum atomic E-state index is 0.0818. The number of para-hydroxylation sites is 1. The zero-order chi connectivity index (χ0) is 24.2. The first-order valence-electron chi connectivity index (χ1n) is 11.9. The molecule has 1 aromatic heterocycles. The van der Waals surface area contributed by atoms with Gasteiger partial charge in [0.05, 0.1) is 12.4 Å². The predicted molar refractivity (Wildman–Crippen MR) is 140 cm³/mol. The van der Waals surface area contributed by atoms with E-state index in [0.717, 1.165) is 34.9 Å². The van der Waals surface area contributed by atoms with E-state index >= 15 is 0 Å². The Labute approximate surface area is 210 Å². The van der Waals surface area contributed by atoms with Gasteiger partial charge in [-0.2, -0.15) is 0 Å². The van der Waals surface area contributed by atoms with E-state index < -0.39 is 0 Å². The van der Waals surface area contributed by atoms with Crippen molar-refractivity contribution in [3.05, 3.63) is 95.8 Å². The minimum absolute atomic E-state index is 0.0818. The monoisotopic (exact) mass is 484 g/mol. The molecule has 0 N–H and O–H groups in total. The Morgan fingerprint density at radius 1 is 1.00 bits per heavy atom. The predicted octanol–water partition coefficient (Wildman–Crippen LogP) is 5.33. The van der Waals surface area contributed by atoms with Crippen LogP contribution in [-0.2, 0) is 17.6 Å². The highest BCUT2D eigenvalue weighted by molar-refractivity contribution is 7.99. The molecule has 6 nitrogen and oxygen atoms in total. The first-order valence-corrected chi connectivity index (χ1v) is 12.9. The van der Waals surface area contributed by atoms with Crippen LogP contribution in [0.5, 0.6) is 5.75 Å². The molecule has 35 heavy (non-hydrogen) atoms. The summed E-state index contributed by atoms with van der Waals surface area (Å²) in [5.74, 6) is 2.02. The van der Waals surface area contributed by atoms with Gasteiger partial charge in [0.25, 0.3) is 0 Å². The summed E-state index contributed by atoms with van der Waals surface area (Å²) in [7, 11) is 0. The van der Waals surface area contributed by atoms with Gasteiger partial charge >= 0.3 is 0 Å². The molecule has 5 rings (SSSR count). The molecule has 0 radical (unpaired) electrons. The smallest absolute Gasteiger partial charge is 0.237 e. The molecule has 0 bridgehead atoms. The second-order valence-electron chi connectivity index (χ2n) is 8.56. The highest BCUT2D eigenvalue weighted by Gasteiger charge is 2.30. The molecule has 1 amide bonds. The summed E-state index contributed by atoms with van der Waals surface area (Å²) in [4.78, 5) is 15.2. The molecule has 2 heterocycles. The van der Waals surface area contributed by atoms with Crippen LogP contribution in [0.2, 0.25) is 0 Å². The number of carbonyl (C=O) groups is 1. The number of nitrogens with zero attached hydrogens (tertiary/aromatic N) is 4. The summed E-state index contributed by atoms with van der Waals surface area (Å²) >= 11 is 1.43. The van der Waals surface area contributed by atoms with Gasteiger partial charge in [-0.15, -0.1) is 10.2 Å². The van der Waals surface area contributed by atoms with Crippen LogP contribution in [0.1, 0.15) is 30.8 Å². The van der Waals surface area contributed by atoms with Crippen molar-refractivity contribution in [1.82, 2.24) is 14.8 Å². The van der Waals surface area contributed by atoms with Gasteiger partial charge in [-0.25, -0.2) is 0 Å². The number of thioether (sulfide) groups is 1. The van der Waals surface area contributed by atoms with E-state index in [0.29, 0.717) is 23.9 Å². The molecule has 3 aromatic carbocycles. The zero-order valence-electron chi connectivity index (χ0n) is 19.9. The van der Waals surface area contributed by atoms with Crippen LogP contribution in [-0.4, -0.2) is 39.1 Å². The molecule has 0 saturated carbocycles. The van der Waals surface area contributed by atoms with Gasteiger partial charge in [-0.3, -0.25) is 9.36 Å². The van der Waals surface area contributed by atoms with Gasteiger partial charge in [0, 0.05) is 23.8 Å². The van der Waals surface area contributed by atoms with Crippen molar-refractivity contribution in [2.45, 2.75) is 37.9 Å². The number of hydrogen-bond acceptors (Lipinski definition) is 5. The Morgan fingerprint density at radius 3 is 2.51 bits per heavy atom. The minimum Gasteiger partial charge on any atom is -0.494 e. The molecule has 0 aliphatic carbocycles. The zero-order valence-corrected chi connectivity index (χ0v) is 20.7. The molecule has 4 aromatic rings. The van der Waals surface area contributed by atoms with E-state index in [-0.39, 0.29) is 11.9 Å². The summed E-state index contributed by atoms with van der Waals surface area (Å²) in [6, 6.07) is 26.4. The number of anilines is 1. The largest absolute Gasteiger partial charge is 0.494 e. The third-order valence-corrected chi connectivity index (χ3v) is 7.03. The lowest BCUT2D eigenvalue weighted by molar-refractivity contribution is -0.116. The molecule has 178 valence electrons. The molecule has 1 atom stereocenters. The number of fused-ring (bicyclic) bond motifs is 1. The van der Waals surface area contributed by atoms with Crippen LogP contribution in [0.25, 0.3) is 5.69 Å². The Morgan fingerprint density at radius 2 is 1.74 bits per heavy atom. The normalized spacial score (nSPS) is 14.7. The third kappa shape index (κ3) is 4.95. The molecule has 1 aliphatic rings. The van der Waals surface area contributed by atoms with Gasteiger partial charge in [0.1, 0.15) is 11.6 Å². The Hall–Kier alpha value is -3.58. The summed E-state index contributed by atoms with van der Waals surface area (Å²) in [5.41, 5.74) is 4.34. The van der Waals surface area contributed by atoms with Crippen LogP contribution in [0.15, 0.2) is 84.0 Å². The van der Waals surface area contributed by atoms with Crippen molar-refractivity contribution in [2.24, 2.45) is 0 Å². The highest BCUT2D eigenvalue weighted by atomic mass is 32.2. The van der Waals surface area contributed by atoms with Crippen LogP contribution < -0.4 is 9.64 Å². The van der Waals surface area contributed by atoms with Gasteiger partial charge in [-0.05, 0) is 61.7 Å². The first-order chi connectivity index (χ1) is 17.1. The first kappa shape index (κ1) is 23.2. The molecule has 1 unspecified atom stereocenters. The summed E-state index contributed by atoms with van der Waals surface area (Å²) in [6.07, 6.45) is 1.53. The Kier molecular flexibility index (Phi) is 6.86. The van der Waals surface area contributed by atoms with Crippen LogP contribution in [0, 0.1) is 0 Å². The molecular formula is C28H28N4O2S. The van der Waals surface area contributed by atoms with Crippen molar-refractivity contribution in [3.63, 3.8) is 0 Å². The number of amides is 1. The van der Waals surface area contributed by atoms with Crippen LogP contribution in [0.4, 0.5) is 5.69 Å². The maximum absolute atomic E-state index is 13.3. The number of benzene rings is 3. The SMILES string of the molecule is CCOc1ccc(-n2c(Cc3ccccc3)nnc2SCC(=O)N2c3ccccc3CC2C)cc1. The van der Waals surface area contributed by atoms with E-state index in [1.165, 1.54) is 17.3 Å². The average Bonchev–Trinajstić information content (AvgIpc) is 3.43. The Bertz CT molecular complexity index is 1300. The number of rotatable bonds is 8. The van der Waals surface area contributed by atoms with Crippen LogP contribution in [0.3, 0.4) is 0 Å². The molecule has 1 aliphatic heterocycles. The fraction of sp³-hybridized carbons (Fsp3) is 0.250. The summed E-state index contributed by atoms with van der Waals surface area (Å²) in [6.45, 7) is 4.69. The number of carbonyl (C=O) groups excluding carboxylic acids is 1. The van der Waals surface area contributed by atoms with E-state index in [1.54, 1.807) is 0 Å². The summed E-state index contributed by atoms with van der Waals surface area (Å²) in [5, 5.41) is 9.69. The lowest BCUT2D eigenvalue weighted by Crippen LogP contribution is -2.37. The second kappa shape index (κ2) is 10.4. The summed E-state index contributed by atoms with van der Waals surface area (Å²) < 4.78 is 7.66. The number of aromatic nitrogens is 3. The van der Waals surface area contributed by atoms with E-state index in [1.807, 2.05) is 77.1 Å². The number of ether oxygens (including phenoxy) is 1. The van der Waals surface area contributed by atoms with Gasteiger partial charge in [0.2, 0.25) is 5.91 Å². The van der Waals surface area contributed by atoms with E-state index in [9.17, 15) is 4.79 Å². The van der Waals surface area contributed by atoms with Gasteiger partial charge in [-0.1, -0.05) is 60.3 Å². The molecule has 7 heteroatoms. The van der Waals surface area contributed by atoms with Crippen molar-refractivity contribution >= 4 is 23.4 Å². The molecule has 0 spiro atoms. The average molecular weight is 485 g/mol. The molecule has 0 saturated heterocycles. The topological polar surface area (TPSA) is 60.2 Å². The second-order valence-corrected chi connectivity index (χ2v) is 9.50. The third-order valence-electron chi connectivity index (χ3n) is 6.11. The van der Waals surface area contributed by atoms with Crippen molar-refractivity contribution < 1.29 is 9.53 Å². The lowest BCUT2D eigenvalue weighted by Gasteiger charge is -2.22. The van der Waals surface area contributed by atoms with Crippen molar-refractivity contribution in [3.8, 4) is 11.4 Å². The quantitative estimate of drug-likeness (QED) is 0.317.